The number of imidazole rings is 1. The lowest BCUT2D eigenvalue weighted by molar-refractivity contribution is 0.0775. The number of aromatic nitrogens is 2. The van der Waals surface area contributed by atoms with Gasteiger partial charge in [-0.15, -0.1) is 0 Å². The number of ether oxygens (including phenoxy) is 1. The second kappa shape index (κ2) is 13.9. The van der Waals surface area contributed by atoms with E-state index < -0.39 is 34.2 Å². The van der Waals surface area contributed by atoms with Gasteiger partial charge >= 0.3 is 6.09 Å². The van der Waals surface area contributed by atoms with Gasteiger partial charge in [0.15, 0.2) is 0 Å². The van der Waals surface area contributed by atoms with Crippen LogP contribution in [0.25, 0.3) is 11.0 Å². The number of aromatic hydroxyl groups is 1. The summed E-state index contributed by atoms with van der Waals surface area (Å²) < 4.78 is 33.7. The first-order valence-electron chi connectivity index (χ1n) is 14.0. The molecule has 1 heterocycles. The molecule has 0 aliphatic rings. The van der Waals surface area contributed by atoms with Gasteiger partial charge in [-0.25, -0.2) is 18.2 Å². The molecule has 2 atom stereocenters. The number of sulfonamides is 1. The fraction of sp³-hybridized carbons (Fsp3) is 0.323. The molecule has 1 aromatic heterocycles. The number of hydrogen-bond donors (Lipinski definition) is 5. The molecule has 234 valence electrons. The van der Waals surface area contributed by atoms with E-state index in [1.54, 1.807) is 6.92 Å². The van der Waals surface area contributed by atoms with E-state index in [2.05, 4.69) is 25.3 Å². The van der Waals surface area contributed by atoms with Crippen LogP contribution in [-0.2, 0) is 21.2 Å². The number of amides is 2. The van der Waals surface area contributed by atoms with Gasteiger partial charge in [-0.2, -0.15) is 4.31 Å². The lowest BCUT2D eigenvalue weighted by atomic mass is 9.99. The van der Waals surface area contributed by atoms with Gasteiger partial charge in [0.1, 0.15) is 5.75 Å². The van der Waals surface area contributed by atoms with E-state index in [1.807, 2.05) is 44.2 Å². The van der Waals surface area contributed by atoms with Crippen molar-refractivity contribution in [3.8, 4) is 5.75 Å². The summed E-state index contributed by atoms with van der Waals surface area (Å²) in [6.45, 7) is 5.25. The zero-order chi connectivity index (χ0) is 32.0. The summed E-state index contributed by atoms with van der Waals surface area (Å²) in [6.07, 6.45) is -1.76. The molecule has 0 radical (unpaired) electrons. The monoisotopic (exact) mass is 623 g/mol. The molecule has 5 N–H and O–H groups in total. The molecule has 44 heavy (non-hydrogen) atoms. The van der Waals surface area contributed by atoms with E-state index in [0.717, 1.165) is 5.56 Å². The summed E-state index contributed by atoms with van der Waals surface area (Å²) in [5, 5.41) is 26.6. The molecule has 0 aliphatic carbocycles. The maximum atomic E-state index is 14.0. The molecule has 0 saturated heterocycles. The van der Waals surface area contributed by atoms with Crippen LogP contribution in [0, 0.1) is 12.8 Å². The summed E-state index contributed by atoms with van der Waals surface area (Å²) >= 11 is 0. The molecule has 4 rings (SSSR count). The number of H-pyrrole nitrogens is 1. The van der Waals surface area contributed by atoms with Gasteiger partial charge in [0.05, 0.1) is 35.2 Å². The van der Waals surface area contributed by atoms with Gasteiger partial charge in [0.25, 0.3) is 5.91 Å². The fourth-order valence-electron chi connectivity index (χ4n) is 4.82. The number of phenolic OH excluding ortho intramolecular Hbond substituents is 1. The second-order valence-electron chi connectivity index (χ2n) is 10.9. The Balaban J connectivity index is 1.62. The van der Waals surface area contributed by atoms with E-state index in [0.29, 0.717) is 22.2 Å². The molecule has 0 fully saturated rings. The molecule has 13 heteroatoms. The van der Waals surface area contributed by atoms with Crippen LogP contribution in [0.3, 0.4) is 0 Å². The van der Waals surface area contributed by atoms with Gasteiger partial charge in [-0.1, -0.05) is 44.2 Å². The van der Waals surface area contributed by atoms with Crippen LogP contribution in [0.4, 0.5) is 10.7 Å². The van der Waals surface area contributed by atoms with Crippen molar-refractivity contribution in [2.24, 2.45) is 5.92 Å². The minimum absolute atomic E-state index is 0.0266. The topological polar surface area (TPSA) is 174 Å². The Hall–Kier alpha value is -4.46. The Morgan fingerprint density at radius 1 is 1.05 bits per heavy atom. The predicted octanol–water partition coefficient (Wildman–Crippen LogP) is 3.80. The van der Waals surface area contributed by atoms with Crippen LogP contribution in [0.15, 0.2) is 71.6 Å². The molecular weight excluding hydrogens is 586 g/mol. The zero-order valence-corrected chi connectivity index (χ0v) is 25.8. The third kappa shape index (κ3) is 7.92. The molecule has 3 aromatic carbocycles. The van der Waals surface area contributed by atoms with Crippen LogP contribution in [-0.4, -0.2) is 77.2 Å². The smallest absolute Gasteiger partial charge is 0.413 e. The fourth-order valence-corrected chi connectivity index (χ4v) is 6.47. The number of rotatable bonds is 12. The first kappa shape index (κ1) is 32.5. The maximum absolute atomic E-state index is 14.0. The Morgan fingerprint density at radius 3 is 2.43 bits per heavy atom. The van der Waals surface area contributed by atoms with Crippen molar-refractivity contribution in [3.05, 3.63) is 83.4 Å². The molecule has 0 aliphatic heterocycles. The van der Waals surface area contributed by atoms with E-state index in [1.165, 1.54) is 47.8 Å². The van der Waals surface area contributed by atoms with Crippen molar-refractivity contribution >= 4 is 39.0 Å². The summed E-state index contributed by atoms with van der Waals surface area (Å²) in [4.78, 5) is 31.9. The SMILES string of the molecule is COC(=O)Nc1nc2ccc(S(=O)(=O)N(CC(C)C)C[C@@H](O)[C@H](Cc3ccccc3)NC(=O)c3ccc(O)cc3C)cc2[nH]1. The molecule has 0 unspecified atom stereocenters. The number of carbonyl (C=O) groups is 2. The molecule has 0 spiro atoms. The number of hydrogen-bond acceptors (Lipinski definition) is 8. The number of aliphatic hydroxyl groups excluding tert-OH is 1. The van der Waals surface area contributed by atoms with E-state index in [-0.39, 0.29) is 42.0 Å². The predicted molar refractivity (Wildman–Crippen MR) is 166 cm³/mol. The Labute approximate surface area is 256 Å². The van der Waals surface area contributed by atoms with Crippen molar-refractivity contribution in [2.75, 3.05) is 25.5 Å². The Kier molecular flexibility index (Phi) is 10.2. The molecule has 2 amide bonds. The van der Waals surface area contributed by atoms with Crippen LogP contribution in [0.5, 0.6) is 5.75 Å². The first-order chi connectivity index (χ1) is 20.9. The summed E-state index contributed by atoms with van der Waals surface area (Å²) in [7, 11) is -2.91. The maximum Gasteiger partial charge on any atom is 0.413 e. The minimum atomic E-state index is -4.13. The zero-order valence-electron chi connectivity index (χ0n) is 24.9. The van der Waals surface area contributed by atoms with Gasteiger partial charge < -0.3 is 25.3 Å². The van der Waals surface area contributed by atoms with Crippen LogP contribution in [0.1, 0.15) is 35.3 Å². The number of aryl methyl sites for hydroxylation is 1. The second-order valence-corrected chi connectivity index (χ2v) is 12.9. The number of nitrogens with zero attached hydrogens (tertiary/aromatic N) is 2. The summed E-state index contributed by atoms with van der Waals surface area (Å²) in [6, 6.07) is 17.2. The van der Waals surface area contributed by atoms with Crippen LogP contribution in [0.2, 0.25) is 0 Å². The molecule has 0 bridgehead atoms. The molecule has 0 saturated carbocycles. The van der Waals surface area contributed by atoms with E-state index in [4.69, 9.17) is 0 Å². The van der Waals surface area contributed by atoms with Crippen LogP contribution >= 0.6 is 0 Å². The average molecular weight is 624 g/mol. The third-order valence-corrected chi connectivity index (χ3v) is 8.82. The number of nitrogens with one attached hydrogen (secondary N) is 3. The highest BCUT2D eigenvalue weighted by molar-refractivity contribution is 7.89. The number of carbonyl (C=O) groups excluding carboxylic acids is 2. The highest BCUT2D eigenvalue weighted by atomic mass is 32.2. The Bertz CT molecular complexity index is 1720. The number of aliphatic hydroxyl groups is 1. The van der Waals surface area contributed by atoms with Gasteiger partial charge in [0.2, 0.25) is 16.0 Å². The quantitative estimate of drug-likeness (QED) is 0.158. The average Bonchev–Trinajstić information content (AvgIpc) is 3.38. The first-order valence-corrected chi connectivity index (χ1v) is 15.5. The van der Waals surface area contributed by atoms with Crippen molar-refractivity contribution in [1.82, 2.24) is 19.6 Å². The number of benzene rings is 3. The van der Waals surface area contributed by atoms with Crippen LogP contribution < -0.4 is 10.6 Å². The number of methoxy groups -OCH3 is 1. The summed E-state index contributed by atoms with van der Waals surface area (Å²) in [5.41, 5.74) is 2.54. The largest absolute Gasteiger partial charge is 0.508 e. The lowest BCUT2D eigenvalue weighted by Gasteiger charge is -2.31. The number of fused-ring (bicyclic) bond motifs is 1. The van der Waals surface area contributed by atoms with E-state index in [9.17, 15) is 28.2 Å². The lowest BCUT2D eigenvalue weighted by Crippen LogP contribution is -2.51. The van der Waals surface area contributed by atoms with E-state index >= 15 is 0 Å². The molecule has 12 nitrogen and oxygen atoms in total. The highest BCUT2D eigenvalue weighted by Crippen LogP contribution is 2.24. The van der Waals surface area contributed by atoms with Crippen molar-refractivity contribution in [2.45, 2.75) is 44.2 Å². The van der Waals surface area contributed by atoms with Gasteiger partial charge in [0, 0.05) is 18.7 Å². The normalized spacial score (nSPS) is 13.2. The summed E-state index contributed by atoms with van der Waals surface area (Å²) in [5.74, 6) is -0.412. The highest BCUT2D eigenvalue weighted by Gasteiger charge is 2.32. The van der Waals surface area contributed by atoms with Crippen molar-refractivity contribution < 1.29 is 33.0 Å². The van der Waals surface area contributed by atoms with Gasteiger partial charge in [-0.05, 0) is 66.8 Å². The van der Waals surface area contributed by atoms with Crippen molar-refractivity contribution in [1.29, 1.82) is 0 Å². The number of aromatic amines is 1. The molecular formula is C31H37N5O7S. The number of anilines is 1. The Morgan fingerprint density at radius 2 is 1.77 bits per heavy atom. The minimum Gasteiger partial charge on any atom is -0.508 e. The number of phenols is 1. The standard InChI is InChI=1S/C31H37N5O7S/c1-19(2)17-36(44(41,42)23-11-13-25-26(16-23)34-30(33-25)35-31(40)43-4)18-28(38)27(15-21-8-6-5-7-9-21)32-29(39)24-12-10-22(37)14-20(24)3/h5-14,16,19,27-28,37-38H,15,17-18H2,1-4H3,(H,32,39)(H2,33,34,35,40)/t27-,28+/m0/s1. The van der Waals surface area contributed by atoms with Gasteiger partial charge in [-0.3, -0.25) is 10.1 Å². The third-order valence-electron chi connectivity index (χ3n) is 6.99. The molecule has 4 aromatic rings. The van der Waals surface area contributed by atoms with Crippen molar-refractivity contribution in [3.63, 3.8) is 0 Å².